The van der Waals surface area contributed by atoms with Gasteiger partial charge in [-0.15, -0.1) is 24.2 Å². The van der Waals surface area contributed by atoms with E-state index in [1.807, 2.05) is 18.8 Å². The van der Waals surface area contributed by atoms with E-state index in [-0.39, 0.29) is 12.4 Å². The van der Waals surface area contributed by atoms with Crippen LogP contribution in [0, 0.1) is 6.92 Å². The maximum atomic E-state index is 3.15. The molecule has 80 valence electrons. The van der Waals surface area contributed by atoms with Crippen LogP contribution in [0.5, 0.6) is 0 Å². The van der Waals surface area contributed by atoms with E-state index in [0.717, 1.165) is 6.54 Å². The van der Waals surface area contributed by atoms with E-state index in [2.05, 4.69) is 36.5 Å². The highest BCUT2D eigenvalue weighted by atomic mass is 35.5. The zero-order valence-electron chi connectivity index (χ0n) is 8.75. The van der Waals surface area contributed by atoms with Gasteiger partial charge in [-0.05, 0) is 44.8 Å². The highest BCUT2D eigenvalue weighted by molar-refractivity contribution is 7.99. The number of halogens is 1. The van der Waals surface area contributed by atoms with Gasteiger partial charge in [-0.2, -0.15) is 0 Å². The van der Waals surface area contributed by atoms with Crippen molar-refractivity contribution in [2.75, 3.05) is 19.3 Å². The zero-order chi connectivity index (χ0) is 9.52. The van der Waals surface area contributed by atoms with Crippen LogP contribution in [-0.4, -0.2) is 19.3 Å². The van der Waals surface area contributed by atoms with Gasteiger partial charge in [-0.3, -0.25) is 0 Å². The molecular formula is C11H18ClNS. The highest BCUT2D eigenvalue weighted by Gasteiger charge is 1.92. The molecule has 0 aliphatic rings. The van der Waals surface area contributed by atoms with Gasteiger partial charge in [0.25, 0.3) is 0 Å². The molecular weight excluding hydrogens is 214 g/mol. The molecule has 0 aliphatic heterocycles. The van der Waals surface area contributed by atoms with Gasteiger partial charge in [0.05, 0.1) is 0 Å². The molecule has 0 fully saturated rings. The van der Waals surface area contributed by atoms with Gasteiger partial charge in [0.15, 0.2) is 0 Å². The molecule has 3 heteroatoms. The third-order valence-corrected chi connectivity index (χ3v) is 2.96. The Morgan fingerprint density at radius 3 is 2.43 bits per heavy atom. The molecule has 1 rings (SSSR count). The van der Waals surface area contributed by atoms with Crippen LogP contribution in [0.1, 0.15) is 12.0 Å². The van der Waals surface area contributed by atoms with Gasteiger partial charge in [0.1, 0.15) is 0 Å². The lowest BCUT2D eigenvalue weighted by atomic mass is 10.2. The summed E-state index contributed by atoms with van der Waals surface area (Å²) in [7, 11) is 2.00. The monoisotopic (exact) mass is 231 g/mol. The number of rotatable bonds is 5. The molecule has 0 aliphatic carbocycles. The summed E-state index contributed by atoms with van der Waals surface area (Å²) in [5.41, 5.74) is 1.33. The summed E-state index contributed by atoms with van der Waals surface area (Å²) in [5, 5.41) is 3.15. The average molecular weight is 232 g/mol. The van der Waals surface area contributed by atoms with Crippen molar-refractivity contribution < 1.29 is 0 Å². The van der Waals surface area contributed by atoms with Crippen molar-refractivity contribution in [2.45, 2.75) is 18.2 Å². The van der Waals surface area contributed by atoms with E-state index in [1.165, 1.54) is 22.6 Å². The van der Waals surface area contributed by atoms with E-state index < -0.39 is 0 Å². The van der Waals surface area contributed by atoms with E-state index >= 15 is 0 Å². The number of thioether (sulfide) groups is 1. The molecule has 0 spiro atoms. The summed E-state index contributed by atoms with van der Waals surface area (Å²) < 4.78 is 0. The maximum absolute atomic E-state index is 3.15. The van der Waals surface area contributed by atoms with Gasteiger partial charge < -0.3 is 5.32 Å². The number of hydrogen-bond donors (Lipinski definition) is 1. The Bertz CT molecular complexity index is 236. The van der Waals surface area contributed by atoms with Crippen LogP contribution < -0.4 is 5.32 Å². The molecule has 14 heavy (non-hydrogen) atoms. The topological polar surface area (TPSA) is 12.0 Å². The Kier molecular flexibility index (Phi) is 8.05. The van der Waals surface area contributed by atoms with Gasteiger partial charge in [0, 0.05) is 4.90 Å². The van der Waals surface area contributed by atoms with Crippen LogP contribution in [0.4, 0.5) is 0 Å². The molecule has 1 aromatic rings. The third-order valence-electron chi connectivity index (χ3n) is 1.86. The van der Waals surface area contributed by atoms with Crippen molar-refractivity contribution in [3.8, 4) is 0 Å². The Balaban J connectivity index is 0.00000169. The Hall–Kier alpha value is -0.180. The molecule has 0 saturated carbocycles. The first-order valence-electron chi connectivity index (χ1n) is 4.67. The lowest BCUT2D eigenvalue weighted by Gasteiger charge is -2.01. The van der Waals surface area contributed by atoms with Crippen LogP contribution in [0.3, 0.4) is 0 Å². The molecule has 0 heterocycles. The largest absolute Gasteiger partial charge is 0.320 e. The SMILES string of the molecule is CNCCCSc1ccc(C)cc1.Cl. The van der Waals surface area contributed by atoms with E-state index in [9.17, 15) is 0 Å². The van der Waals surface area contributed by atoms with Crippen LogP contribution in [0.25, 0.3) is 0 Å². The Morgan fingerprint density at radius 2 is 1.86 bits per heavy atom. The molecule has 0 saturated heterocycles. The lowest BCUT2D eigenvalue weighted by molar-refractivity contribution is 0.778. The van der Waals surface area contributed by atoms with Crippen LogP contribution in [-0.2, 0) is 0 Å². The molecule has 0 aromatic heterocycles. The minimum absolute atomic E-state index is 0. The quantitative estimate of drug-likeness (QED) is 0.618. The second-order valence-electron chi connectivity index (χ2n) is 3.12. The number of benzene rings is 1. The summed E-state index contributed by atoms with van der Waals surface area (Å²) in [5.74, 6) is 1.20. The molecule has 0 atom stereocenters. The number of hydrogen-bond acceptors (Lipinski definition) is 2. The molecule has 0 radical (unpaired) electrons. The van der Waals surface area contributed by atoms with E-state index in [4.69, 9.17) is 0 Å². The van der Waals surface area contributed by atoms with Gasteiger partial charge in [0.2, 0.25) is 0 Å². The van der Waals surface area contributed by atoms with Crippen molar-refractivity contribution >= 4 is 24.2 Å². The third kappa shape index (κ3) is 5.53. The summed E-state index contributed by atoms with van der Waals surface area (Å²) in [6.07, 6.45) is 1.23. The highest BCUT2D eigenvalue weighted by Crippen LogP contribution is 2.18. The fraction of sp³-hybridized carbons (Fsp3) is 0.455. The minimum Gasteiger partial charge on any atom is -0.320 e. The van der Waals surface area contributed by atoms with Crippen molar-refractivity contribution in [2.24, 2.45) is 0 Å². The fourth-order valence-corrected chi connectivity index (χ4v) is 1.93. The van der Waals surface area contributed by atoms with E-state index in [1.54, 1.807) is 0 Å². The molecule has 0 amide bonds. The second kappa shape index (κ2) is 8.16. The van der Waals surface area contributed by atoms with E-state index in [0.29, 0.717) is 0 Å². The normalized spacial score (nSPS) is 9.57. The van der Waals surface area contributed by atoms with Gasteiger partial charge in [-0.1, -0.05) is 17.7 Å². The van der Waals surface area contributed by atoms with Gasteiger partial charge in [-0.25, -0.2) is 0 Å². The summed E-state index contributed by atoms with van der Waals surface area (Å²) >= 11 is 1.93. The summed E-state index contributed by atoms with van der Waals surface area (Å²) in [4.78, 5) is 1.38. The van der Waals surface area contributed by atoms with Crippen molar-refractivity contribution in [3.63, 3.8) is 0 Å². The molecule has 0 unspecified atom stereocenters. The summed E-state index contributed by atoms with van der Waals surface area (Å²) in [6, 6.07) is 8.72. The standard InChI is InChI=1S/C11H17NS.ClH/c1-10-4-6-11(7-5-10)13-9-3-8-12-2;/h4-7,12H,3,8-9H2,1-2H3;1H. The first kappa shape index (κ1) is 13.8. The van der Waals surface area contributed by atoms with Crippen LogP contribution in [0.15, 0.2) is 29.2 Å². The van der Waals surface area contributed by atoms with Crippen molar-refractivity contribution in [3.05, 3.63) is 29.8 Å². The van der Waals surface area contributed by atoms with Crippen molar-refractivity contribution in [1.82, 2.24) is 5.32 Å². The summed E-state index contributed by atoms with van der Waals surface area (Å²) in [6.45, 7) is 3.23. The predicted octanol–water partition coefficient (Wildman–Crippen LogP) is 3.12. The molecule has 1 aromatic carbocycles. The second-order valence-corrected chi connectivity index (χ2v) is 4.29. The first-order chi connectivity index (χ1) is 6.33. The van der Waals surface area contributed by atoms with Gasteiger partial charge >= 0.3 is 0 Å². The molecule has 1 N–H and O–H groups in total. The smallest absolute Gasteiger partial charge is 0.00721 e. The lowest BCUT2D eigenvalue weighted by Crippen LogP contribution is -2.07. The molecule has 0 bridgehead atoms. The molecule has 1 nitrogen and oxygen atoms in total. The number of nitrogens with one attached hydrogen (secondary N) is 1. The fourth-order valence-electron chi connectivity index (χ4n) is 1.07. The van der Waals surface area contributed by atoms with Crippen molar-refractivity contribution in [1.29, 1.82) is 0 Å². The Labute approximate surface area is 97.1 Å². The maximum Gasteiger partial charge on any atom is 0.00721 e. The van der Waals surface area contributed by atoms with Crippen LogP contribution >= 0.6 is 24.2 Å². The minimum atomic E-state index is 0. The number of aryl methyl sites for hydroxylation is 1. The first-order valence-corrected chi connectivity index (χ1v) is 5.65. The Morgan fingerprint density at radius 1 is 1.21 bits per heavy atom. The average Bonchev–Trinajstić information content (AvgIpc) is 2.15. The zero-order valence-corrected chi connectivity index (χ0v) is 10.4. The van der Waals surface area contributed by atoms with Crippen LogP contribution in [0.2, 0.25) is 0 Å². The predicted molar refractivity (Wildman–Crippen MR) is 67.7 cm³/mol.